The highest BCUT2D eigenvalue weighted by Crippen LogP contribution is 2.21. The highest BCUT2D eigenvalue weighted by molar-refractivity contribution is 5.71. The summed E-state index contributed by atoms with van der Waals surface area (Å²) in [7, 11) is 0. The molecular formula is C13H11FN2O2. The van der Waals surface area contributed by atoms with Gasteiger partial charge < -0.3 is 10.1 Å². The first-order valence-corrected chi connectivity index (χ1v) is 5.31. The van der Waals surface area contributed by atoms with Crippen molar-refractivity contribution in [2.45, 2.75) is 6.61 Å². The number of hydrogen-bond donors (Lipinski definition) is 1. The molecule has 0 bridgehead atoms. The molecule has 5 heteroatoms. The minimum atomic E-state index is -0.522. The molecule has 0 radical (unpaired) electrons. The fourth-order valence-corrected chi connectivity index (χ4v) is 1.42. The van der Waals surface area contributed by atoms with Crippen molar-refractivity contribution in [1.29, 1.82) is 0 Å². The van der Waals surface area contributed by atoms with Crippen molar-refractivity contribution in [3.05, 3.63) is 54.1 Å². The number of hydrogen-bond acceptors (Lipinski definition) is 3. The van der Waals surface area contributed by atoms with Crippen LogP contribution in [0.3, 0.4) is 0 Å². The Hall–Kier alpha value is -2.43. The summed E-state index contributed by atoms with van der Waals surface area (Å²) in [6.45, 7) is 0.241. The molecule has 0 atom stereocenters. The molecule has 1 aromatic heterocycles. The van der Waals surface area contributed by atoms with E-state index in [4.69, 9.17) is 4.74 Å². The minimum Gasteiger partial charge on any atom is -0.486 e. The third-order valence-corrected chi connectivity index (χ3v) is 2.27. The Kier molecular flexibility index (Phi) is 3.86. The zero-order valence-corrected chi connectivity index (χ0v) is 9.47. The van der Waals surface area contributed by atoms with Gasteiger partial charge in [0, 0.05) is 29.7 Å². The molecule has 2 aromatic rings. The number of nitrogens with zero attached hydrogens (tertiary/aromatic N) is 1. The fraction of sp³-hybridized carbons (Fsp3) is 0.0769. The number of ether oxygens (including phenoxy) is 1. The van der Waals surface area contributed by atoms with E-state index in [2.05, 4.69) is 10.3 Å². The van der Waals surface area contributed by atoms with Gasteiger partial charge in [0.25, 0.3) is 0 Å². The van der Waals surface area contributed by atoms with Gasteiger partial charge in [0.05, 0.1) is 0 Å². The third kappa shape index (κ3) is 3.04. The first-order valence-electron chi connectivity index (χ1n) is 5.31. The van der Waals surface area contributed by atoms with E-state index in [0.717, 1.165) is 5.56 Å². The van der Waals surface area contributed by atoms with Crippen LogP contribution in [0.2, 0.25) is 0 Å². The number of carbonyl (C=O) groups is 1. The Bertz CT molecular complexity index is 532. The third-order valence-electron chi connectivity index (χ3n) is 2.27. The molecule has 0 saturated heterocycles. The van der Waals surface area contributed by atoms with Crippen LogP contribution < -0.4 is 10.1 Å². The van der Waals surface area contributed by atoms with Gasteiger partial charge in [0.15, 0.2) is 11.6 Å². The molecule has 0 saturated carbocycles. The summed E-state index contributed by atoms with van der Waals surface area (Å²) in [6.07, 6.45) is 3.80. The van der Waals surface area contributed by atoms with E-state index in [-0.39, 0.29) is 12.4 Å². The maximum absolute atomic E-state index is 13.6. The summed E-state index contributed by atoms with van der Waals surface area (Å²) in [5.41, 5.74) is 1.24. The summed E-state index contributed by atoms with van der Waals surface area (Å²) in [4.78, 5) is 14.1. The number of rotatable bonds is 5. The summed E-state index contributed by atoms with van der Waals surface area (Å²) in [6, 6.07) is 7.86. The van der Waals surface area contributed by atoms with Gasteiger partial charge >= 0.3 is 0 Å². The Labute approximate surface area is 103 Å². The van der Waals surface area contributed by atoms with Crippen LogP contribution in [0.25, 0.3) is 0 Å². The second kappa shape index (κ2) is 5.77. The molecule has 92 valence electrons. The molecule has 0 aliphatic rings. The van der Waals surface area contributed by atoms with E-state index in [1.54, 1.807) is 24.5 Å². The quantitative estimate of drug-likeness (QED) is 0.824. The van der Waals surface area contributed by atoms with E-state index >= 15 is 0 Å². The van der Waals surface area contributed by atoms with E-state index in [1.807, 2.05) is 6.07 Å². The van der Waals surface area contributed by atoms with Gasteiger partial charge in [-0.1, -0.05) is 6.07 Å². The lowest BCUT2D eigenvalue weighted by Gasteiger charge is -2.08. The molecule has 18 heavy (non-hydrogen) atoms. The van der Waals surface area contributed by atoms with E-state index in [0.29, 0.717) is 12.1 Å². The first kappa shape index (κ1) is 12.0. The summed E-state index contributed by atoms with van der Waals surface area (Å²) >= 11 is 0. The molecule has 2 rings (SSSR count). The lowest BCUT2D eigenvalue weighted by atomic mass is 10.3. The van der Waals surface area contributed by atoms with Gasteiger partial charge in [-0.15, -0.1) is 0 Å². The number of benzene rings is 1. The highest BCUT2D eigenvalue weighted by Gasteiger charge is 2.04. The minimum absolute atomic E-state index is 0.135. The van der Waals surface area contributed by atoms with Crippen LogP contribution in [0.5, 0.6) is 5.75 Å². The normalized spacial score (nSPS) is 9.83. The number of pyridine rings is 1. The number of carbonyl (C=O) groups excluding carboxylic acids is 1. The van der Waals surface area contributed by atoms with Crippen LogP contribution in [0, 0.1) is 5.82 Å². The lowest BCUT2D eigenvalue weighted by Crippen LogP contribution is -1.99. The van der Waals surface area contributed by atoms with Gasteiger partial charge in [-0.25, -0.2) is 4.39 Å². The molecule has 0 aliphatic carbocycles. The van der Waals surface area contributed by atoms with Gasteiger partial charge in [0.1, 0.15) is 6.61 Å². The molecule has 0 unspecified atom stereocenters. The Morgan fingerprint density at radius 1 is 1.39 bits per heavy atom. The van der Waals surface area contributed by atoms with E-state index < -0.39 is 5.82 Å². The highest BCUT2D eigenvalue weighted by atomic mass is 19.1. The van der Waals surface area contributed by atoms with Crippen LogP contribution in [0.4, 0.5) is 10.1 Å². The van der Waals surface area contributed by atoms with Crippen molar-refractivity contribution in [1.82, 2.24) is 4.98 Å². The number of anilines is 1. The monoisotopic (exact) mass is 246 g/mol. The van der Waals surface area contributed by atoms with Gasteiger partial charge in [-0.3, -0.25) is 9.78 Å². The molecule has 0 fully saturated rings. The predicted octanol–water partition coefficient (Wildman–Crippen LogP) is 2.37. The number of nitrogens with one attached hydrogen (secondary N) is 1. The molecule has 1 N–H and O–H groups in total. The van der Waals surface area contributed by atoms with Crippen molar-refractivity contribution in [2.24, 2.45) is 0 Å². The molecule has 1 amide bonds. The maximum Gasteiger partial charge on any atom is 0.211 e. The average Bonchev–Trinajstić information content (AvgIpc) is 2.39. The molecule has 4 nitrogen and oxygen atoms in total. The predicted molar refractivity (Wildman–Crippen MR) is 64.7 cm³/mol. The Morgan fingerprint density at radius 2 is 2.28 bits per heavy atom. The van der Waals surface area contributed by atoms with Gasteiger partial charge in [-0.05, 0) is 18.2 Å². The van der Waals surface area contributed by atoms with Crippen molar-refractivity contribution < 1.29 is 13.9 Å². The van der Waals surface area contributed by atoms with Crippen molar-refractivity contribution in [2.75, 3.05) is 5.32 Å². The van der Waals surface area contributed by atoms with Crippen LogP contribution in [0.15, 0.2) is 42.7 Å². The maximum atomic E-state index is 13.6. The Morgan fingerprint density at radius 3 is 2.94 bits per heavy atom. The first-order chi connectivity index (χ1) is 8.79. The SMILES string of the molecule is O=CNc1ccc(OCc2cccnc2)c(F)c1. The molecule has 0 aliphatic heterocycles. The second-order valence-corrected chi connectivity index (χ2v) is 3.56. The van der Waals surface area contributed by atoms with E-state index in [9.17, 15) is 9.18 Å². The van der Waals surface area contributed by atoms with Gasteiger partial charge in [-0.2, -0.15) is 0 Å². The van der Waals surface area contributed by atoms with Crippen molar-refractivity contribution in [3.8, 4) is 5.75 Å². The summed E-state index contributed by atoms with van der Waals surface area (Å²) < 4.78 is 18.9. The van der Waals surface area contributed by atoms with Crippen LogP contribution >= 0.6 is 0 Å². The van der Waals surface area contributed by atoms with Crippen molar-refractivity contribution in [3.63, 3.8) is 0 Å². The van der Waals surface area contributed by atoms with Gasteiger partial charge in [0.2, 0.25) is 6.41 Å². The van der Waals surface area contributed by atoms with Crippen LogP contribution in [-0.2, 0) is 11.4 Å². The fourth-order valence-electron chi connectivity index (χ4n) is 1.42. The lowest BCUT2D eigenvalue weighted by molar-refractivity contribution is -0.105. The average molecular weight is 246 g/mol. The zero-order chi connectivity index (χ0) is 12.8. The number of halogens is 1. The largest absolute Gasteiger partial charge is 0.486 e. The zero-order valence-electron chi connectivity index (χ0n) is 9.47. The van der Waals surface area contributed by atoms with Crippen molar-refractivity contribution >= 4 is 12.1 Å². The summed E-state index contributed by atoms with van der Waals surface area (Å²) in [5, 5.41) is 2.36. The number of aromatic nitrogens is 1. The second-order valence-electron chi connectivity index (χ2n) is 3.56. The van der Waals surface area contributed by atoms with Crippen LogP contribution in [-0.4, -0.2) is 11.4 Å². The van der Waals surface area contributed by atoms with E-state index in [1.165, 1.54) is 12.1 Å². The number of amides is 1. The molecule has 1 heterocycles. The molecule has 0 spiro atoms. The smallest absolute Gasteiger partial charge is 0.211 e. The Balaban J connectivity index is 2.03. The topological polar surface area (TPSA) is 51.2 Å². The standard InChI is InChI=1S/C13H11FN2O2/c14-12-6-11(16-9-17)3-4-13(12)18-8-10-2-1-5-15-7-10/h1-7,9H,8H2,(H,16,17). The van der Waals surface area contributed by atoms with Crippen LogP contribution in [0.1, 0.15) is 5.56 Å². The molecule has 1 aromatic carbocycles. The summed E-state index contributed by atoms with van der Waals surface area (Å²) in [5.74, 6) is -0.388. The molecular weight excluding hydrogens is 235 g/mol.